The molecule has 27 heavy (non-hydrogen) atoms. The predicted octanol–water partition coefficient (Wildman–Crippen LogP) is 2.17. The molecule has 6 heteroatoms. The van der Waals surface area contributed by atoms with E-state index < -0.39 is 6.10 Å². The molecule has 1 saturated heterocycles. The standard InChI is InChI=1S/C21H36N4O2/c1-3-22-21(23-12-15-25-13-8-5-9-14-25)24-16-20(26)17-27-18(2)19-10-6-4-7-11-19/h4,6-7,10-11,18,20,26H,3,5,8-9,12-17H2,1-2H3,(H2,22,23,24). The second kappa shape index (κ2) is 12.7. The van der Waals surface area contributed by atoms with Crippen molar-refractivity contribution in [1.29, 1.82) is 0 Å². The fraction of sp³-hybridized carbons (Fsp3) is 0.667. The minimum Gasteiger partial charge on any atom is -0.389 e. The lowest BCUT2D eigenvalue weighted by atomic mass is 10.1. The van der Waals surface area contributed by atoms with Gasteiger partial charge in [0.1, 0.15) is 0 Å². The molecule has 0 aromatic heterocycles. The van der Waals surface area contributed by atoms with E-state index in [1.807, 2.05) is 44.2 Å². The predicted molar refractivity (Wildman–Crippen MR) is 111 cm³/mol. The lowest BCUT2D eigenvalue weighted by Crippen LogP contribution is -2.43. The summed E-state index contributed by atoms with van der Waals surface area (Å²) in [7, 11) is 0. The smallest absolute Gasteiger partial charge is 0.191 e. The van der Waals surface area contributed by atoms with Crippen LogP contribution in [0.2, 0.25) is 0 Å². The number of hydrogen-bond acceptors (Lipinski definition) is 4. The molecule has 1 aromatic rings. The van der Waals surface area contributed by atoms with Gasteiger partial charge in [0.2, 0.25) is 0 Å². The normalized spacial score (nSPS) is 18.1. The number of guanidine groups is 1. The van der Waals surface area contributed by atoms with E-state index in [0.717, 1.165) is 31.2 Å². The highest BCUT2D eigenvalue weighted by molar-refractivity contribution is 5.79. The zero-order valence-corrected chi connectivity index (χ0v) is 16.9. The summed E-state index contributed by atoms with van der Waals surface area (Å²) in [6.45, 7) is 9.73. The highest BCUT2D eigenvalue weighted by Crippen LogP contribution is 2.15. The van der Waals surface area contributed by atoms with Crippen LogP contribution in [0.25, 0.3) is 0 Å². The average Bonchev–Trinajstić information content (AvgIpc) is 2.71. The Morgan fingerprint density at radius 1 is 1.19 bits per heavy atom. The van der Waals surface area contributed by atoms with E-state index in [1.54, 1.807) is 0 Å². The molecule has 0 saturated carbocycles. The van der Waals surface area contributed by atoms with Crippen LogP contribution in [0.15, 0.2) is 35.3 Å². The number of hydrogen-bond donors (Lipinski definition) is 3. The van der Waals surface area contributed by atoms with Crippen LogP contribution in [0.5, 0.6) is 0 Å². The van der Waals surface area contributed by atoms with Crippen molar-refractivity contribution in [3.8, 4) is 0 Å². The molecule has 1 fully saturated rings. The van der Waals surface area contributed by atoms with Crippen molar-refractivity contribution in [2.75, 3.05) is 45.9 Å². The maximum atomic E-state index is 10.2. The molecule has 6 nitrogen and oxygen atoms in total. The molecule has 1 aliphatic heterocycles. The summed E-state index contributed by atoms with van der Waals surface area (Å²) in [6.07, 6.45) is 3.31. The maximum absolute atomic E-state index is 10.2. The summed E-state index contributed by atoms with van der Waals surface area (Å²) in [4.78, 5) is 6.99. The van der Waals surface area contributed by atoms with Crippen LogP contribution in [0, 0.1) is 0 Å². The zero-order chi connectivity index (χ0) is 19.3. The second-order valence-electron chi connectivity index (χ2n) is 7.09. The van der Waals surface area contributed by atoms with Crippen molar-refractivity contribution in [3.05, 3.63) is 35.9 Å². The summed E-state index contributed by atoms with van der Waals surface area (Å²) in [5.41, 5.74) is 1.11. The first kappa shape index (κ1) is 21.7. The first-order valence-corrected chi connectivity index (χ1v) is 10.3. The van der Waals surface area contributed by atoms with E-state index in [1.165, 1.54) is 32.4 Å². The molecule has 3 N–H and O–H groups in total. The summed E-state index contributed by atoms with van der Waals surface area (Å²) in [6, 6.07) is 10.0. The van der Waals surface area contributed by atoms with Crippen LogP contribution in [-0.4, -0.2) is 67.9 Å². The monoisotopic (exact) mass is 376 g/mol. The highest BCUT2D eigenvalue weighted by atomic mass is 16.5. The van der Waals surface area contributed by atoms with E-state index in [-0.39, 0.29) is 12.7 Å². The van der Waals surface area contributed by atoms with Gasteiger partial charge in [-0.2, -0.15) is 0 Å². The molecule has 0 aliphatic carbocycles. The number of aliphatic hydroxyl groups excluding tert-OH is 1. The van der Waals surface area contributed by atoms with Crippen molar-refractivity contribution in [2.24, 2.45) is 4.99 Å². The highest BCUT2D eigenvalue weighted by Gasteiger charge is 2.11. The van der Waals surface area contributed by atoms with Gasteiger partial charge < -0.3 is 25.4 Å². The van der Waals surface area contributed by atoms with Crippen LogP contribution in [0.3, 0.4) is 0 Å². The number of piperidine rings is 1. The van der Waals surface area contributed by atoms with Crippen LogP contribution in [0.1, 0.15) is 44.8 Å². The number of aliphatic imine (C=N–C) groups is 1. The molecule has 0 spiro atoms. The Labute approximate surface area is 164 Å². The Morgan fingerprint density at radius 3 is 2.63 bits per heavy atom. The van der Waals surface area contributed by atoms with Crippen LogP contribution < -0.4 is 10.6 Å². The topological polar surface area (TPSA) is 69.1 Å². The Bertz CT molecular complexity index is 532. The fourth-order valence-electron chi connectivity index (χ4n) is 3.18. The van der Waals surface area contributed by atoms with E-state index >= 15 is 0 Å². The molecule has 0 radical (unpaired) electrons. The minimum atomic E-state index is -0.617. The summed E-state index contributed by atoms with van der Waals surface area (Å²) >= 11 is 0. The summed E-state index contributed by atoms with van der Waals surface area (Å²) < 4.78 is 5.78. The third-order valence-corrected chi connectivity index (χ3v) is 4.78. The minimum absolute atomic E-state index is 0.0410. The SMILES string of the molecule is CCNC(=NCC(O)COC(C)c1ccccc1)NCCN1CCCCC1. The van der Waals surface area contributed by atoms with Crippen molar-refractivity contribution >= 4 is 5.96 Å². The van der Waals surface area contributed by atoms with Gasteiger partial charge in [0.15, 0.2) is 5.96 Å². The van der Waals surface area contributed by atoms with Gasteiger partial charge in [-0.05, 0) is 45.3 Å². The third-order valence-electron chi connectivity index (χ3n) is 4.78. The molecule has 0 amide bonds. The van der Waals surface area contributed by atoms with Gasteiger partial charge in [0.05, 0.1) is 25.4 Å². The van der Waals surface area contributed by atoms with Crippen molar-refractivity contribution in [3.63, 3.8) is 0 Å². The largest absolute Gasteiger partial charge is 0.389 e. The van der Waals surface area contributed by atoms with E-state index in [9.17, 15) is 5.11 Å². The molecule has 152 valence electrons. The summed E-state index contributed by atoms with van der Waals surface area (Å²) in [5.74, 6) is 0.754. The van der Waals surface area contributed by atoms with E-state index in [4.69, 9.17) is 4.74 Å². The number of nitrogens with zero attached hydrogens (tertiary/aromatic N) is 2. The molecule has 1 aromatic carbocycles. The number of aliphatic hydroxyl groups is 1. The average molecular weight is 377 g/mol. The van der Waals surface area contributed by atoms with Gasteiger partial charge in [-0.25, -0.2) is 0 Å². The van der Waals surface area contributed by atoms with Crippen molar-refractivity contribution in [2.45, 2.75) is 45.3 Å². The second-order valence-corrected chi connectivity index (χ2v) is 7.09. The zero-order valence-electron chi connectivity index (χ0n) is 16.9. The molecular weight excluding hydrogens is 340 g/mol. The van der Waals surface area contributed by atoms with Crippen LogP contribution in [-0.2, 0) is 4.74 Å². The summed E-state index contributed by atoms with van der Waals surface area (Å²) in [5, 5.41) is 16.8. The lowest BCUT2D eigenvalue weighted by molar-refractivity contribution is 0.00111. The molecule has 1 aliphatic rings. The molecule has 2 atom stereocenters. The number of benzene rings is 1. The number of nitrogens with one attached hydrogen (secondary N) is 2. The number of likely N-dealkylation sites (tertiary alicyclic amines) is 1. The molecular formula is C21H36N4O2. The van der Waals surface area contributed by atoms with Gasteiger partial charge in [-0.3, -0.25) is 4.99 Å². The third kappa shape index (κ3) is 8.73. The van der Waals surface area contributed by atoms with Crippen LogP contribution in [0.4, 0.5) is 0 Å². The Hall–Kier alpha value is -1.63. The first-order valence-electron chi connectivity index (χ1n) is 10.3. The van der Waals surface area contributed by atoms with Crippen molar-refractivity contribution in [1.82, 2.24) is 15.5 Å². The van der Waals surface area contributed by atoms with E-state index in [0.29, 0.717) is 6.54 Å². The maximum Gasteiger partial charge on any atom is 0.191 e. The number of rotatable bonds is 10. The first-order chi connectivity index (χ1) is 13.2. The Balaban J connectivity index is 1.68. The molecule has 0 bridgehead atoms. The quantitative estimate of drug-likeness (QED) is 0.431. The van der Waals surface area contributed by atoms with E-state index in [2.05, 4.69) is 20.5 Å². The van der Waals surface area contributed by atoms with Gasteiger partial charge >= 0.3 is 0 Å². The number of ether oxygens (including phenoxy) is 1. The molecule has 2 unspecified atom stereocenters. The Kier molecular flexibility index (Phi) is 10.2. The Morgan fingerprint density at radius 2 is 1.93 bits per heavy atom. The van der Waals surface area contributed by atoms with Crippen LogP contribution >= 0.6 is 0 Å². The van der Waals surface area contributed by atoms with Gasteiger partial charge in [0, 0.05) is 19.6 Å². The fourth-order valence-corrected chi connectivity index (χ4v) is 3.18. The van der Waals surface area contributed by atoms with Crippen molar-refractivity contribution < 1.29 is 9.84 Å². The molecule has 1 heterocycles. The van der Waals surface area contributed by atoms with Gasteiger partial charge in [0.25, 0.3) is 0 Å². The lowest BCUT2D eigenvalue weighted by Gasteiger charge is -2.26. The van der Waals surface area contributed by atoms with Gasteiger partial charge in [-0.1, -0.05) is 36.8 Å². The van der Waals surface area contributed by atoms with Gasteiger partial charge in [-0.15, -0.1) is 0 Å². The molecule has 2 rings (SSSR count).